The van der Waals surface area contributed by atoms with Crippen LogP contribution in [0.25, 0.3) is 11.2 Å². The second kappa shape index (κ2) is 6.80. The standard InChI is InChI=1S/C17H18ClN5O3/c1-10(11-7-5-4-6-8-11)19-12(24)9-23-13-14(20-16(23)18)21(2)17(26)22(3)15(13)25/h4-8,10H,9H2,1-3H3,(H,19,24)/t10-/m1/s1. The van der Waals surface area contributed by atoms with Gasteiger partial charge < -0.3 is 5.32 Å². The zero-order valence-electron chi connectivity index (χ0n) is 14.6. The van der Waals surface area contributed by atoms with E-state index in [9.17, 15) is 14.4 Å². The summed E-state index contributed by atoms with van der Waals surface area (Å²) in [6, 6.07) is 9.30. The van der Waals surface area contributed by atoms with Crippen molar-refractivity contribution in [2.24, 2.45) is 14.1 Å². The Hall–Kier alpha value is -2.87. The number of benzene rings is 1. The highest BCUT2D eigenvalue weighted by molar-refractivity contribution is 6.29. The zero-order chi connectivity index (χ0) is 19.0. The highest BCUT2D eigenvalue weighted by Gasteiger charge is 2.20. The van der Waals surface area contributed by atoms with Crippen LogP contribution >= 0.6 is 11.6 Å². The van der Waals surface area contributed by atoms with Gasteiger partial charge >= 0.3 is 5.69 Å². The van der Waals surface area contributed by atoms with Gasteiger partial charge in [-0.2, -0.15) is 4.98 Å². The van der Waals surface area contributed by atoms with Gasteiger partial charge in [-0.1, -0.05) is 30.3 Å². The van der Waals surface area contributed by atoms with E-state index < -0.39 is 11.2 Å². The lowest BCUT2D eigenvalue weighted by Gasteiger charge is -2.15. The Kier molecular flexibility index (Phi) is 4.69. The Balaban J connectivity index is 1.94. The molecule has 136 valence electrons. The van der Waals surface area contributed by atoms with Crippen LogP contribution in [0.15, 0.2) is 39.9 Å². The number of halogens is 1. The summed E-state index contributed by atoms with van der Waals surface area (Å²) in [4.78, 5) is 41.0. The molecule has 2 aromatic heterocycles. The highest BCUT2D eigenvalue weighted by atomic mass is 35.5. The fourth-order valence-corrected chi connectivity index (χ4v) is 3.04. The molecule has 8 nitrogen and oxygen atoms in total. The molecule has 0 aliphatic heterocycles. The van der Waals surface area contributed by atoms with Crippen LogP contribution in [-0.2, 0) is 25.4 Å². The Bertz CT molecular complexity index is 1100. The maximum Gasteiger partial charge on any atom is 0.332 e. The lowest BCUT2D eigenvalue weighted by atomic mass is 10.1. The van der Waals surface area contributed by atoms with Crippen molar-refractivity contribution < 1.29 is 4.79 Å². The number of nitrogens with zero attached hydrogens (tertiary/aromatic N) is 4. The Morgan fingerprint density at radius 1 is 1.19 bits per heavy atom. The predicted octanol–water partition coefficient (Wildman–Crippen LogP) is 0.964. The number of fused-ring (bicyclic) bond motifs is 1. The lowest BCUT2D eigenvalue weighted by Crippen LogP contribution is -2.38. The number of hydrogen-bond donors (Lipinski definition) is 1. The van der Waals surface area contributed by atoms with E-state index in [1.165, 1.54) is 23.2 Å². The normalized spacial score (nSPS) is 12.3. The average molecular weight is 376 g/mol. The van der Waals surface area contributed by atoms with Crippen molar-refractivity contribution in [1.82, 2.24) is 24.0 Å². The summed E-state index contributed by atoms with van der Waals surface area (Å²) < 4.78 is 3.50. The summed E-state index contributed by atoms with van der Waals surface area (Å²) in [5.41, 5.74) is 0.159. The minimum atomic E-state index is -0.550. The number of aryl methyl sites for hydroxylation is 1. The molecule has 26 heavy (non-hydrogen) atoms. The summed E-state index contributed by atoms with van der Waals surface area (Å²) >= 11 is 6.12. The number of nitrogens with one attached hydrogen (secondary N) is 1. The van der Waals surface area contributed by atoms with E-state index in [0.29, 0.717) is 0 Å². The molecular formula is C17H18ClN5O3. The van der Waals surface area contributed by atoms with Gasteiger partial charge in [-0.3, -0.25) is 23.3 Å². The topological polar surface area (TPSA) is 90.9 Å². The average Bonchev–Trinajstić information content (AvgIpc) is 2.95. The van der Waals surface area contributed by atoms with Gasteiger partial charge in [0.1, 0.15) is 6.54 Å². The summed E-state index contributed by atoms with van der Waals surface area (Å²) in [6.45, 7) is 1.68. The minimum Gasteiger partial charge on any atom is -0.348 e. The molecule has 0 aliphatic rings. The number of rotatable bonds is 4. The smallest absolute Gasteiger partial charge is 0.332 e. The van der Waals surface area contributed by atoms with Gasteiger partial charge in [0, 0.05) is 14.1 Å². The van der Waals surface area contributed by atoms with Crippen molar-refractivity contribution in [3.05, 3.63) is 62.0 Å². The number of carbonyl (C=O) groups is 1. The van der Waals surface area contributed by atoms with Gasteiger partial charge in [0.2, 0.25) is 11.2 Å². The summed E-state index contributed by atoms with van der Waals surface area (Å²) in [6.07, 6.45) is 0. The van der Waals surface area contributed by atoms with Crippen molar-refractivity contribution in [2.75, 3.05) is 0 Å². The molecule has 0 saturated heterocycles. The Labute approximate surface area is 153 Å². The third-order valence-electron chi connectivity index (χ3n) is 4.28. The first kappa shape index (κ1) is 17.9. The van der Waals surface area contributed by atoms with Crippen molar-refractivity contribution >= 4 is 28.7 Å². The van der Waals surface area contributed by atoms with Crippen LogP contribution in [0.4, 0.5) is 0 Å². The molecule has 0 spiro atoms. The van der Waals surface area contributed by atoms with Gasteiger partial charge in [0.05, 0.1) is 6.04 Å². The van der Waals surface area contributed by atoms with Crippen molar-refractivity contribution in [1.29, 1.82) is 0 Å². The largest absolute Gasteiger partial charge is 0.348 e. The molecule has 0 unspecified atom stereocenters. The first-order valence-corrected chi connectivity index (χ1v) is 8.35. The lowest BCUT2D eigenvalue weighted by molar-refractivity contribution is -0.122. The van der Waals surface area contributed by atoms with Crippen LogP contribution in [0.3, 0.4) is 0 Å². The second-order valence-electron chi connectivity index (χ2n) is 6.04. The third-order valence-corrected chi connectivity index (χ3v) is 4.57. The first-order valence-electron chi connectivity index (χ1n) is 7.97. The molecule has 0 saturated carbocycles. The monoisotopic (exact) mass is 375 g/mol. The van der Waals surface area contributed by atoms with Crippen LogP contribution in [0, 0.1) is 0 Å². The molecule has 1 atom stereocenters. The number of hydrogen-bond acceptors (Lipinski definition) is 4. The maximum atomic E-state index is 12.5. The van der Waals surface area contributed by atoms with E-state index in [-0.39, 0.29) is 34.9 Å². The van der Waals surface area contributed by atoms with Crippen LogP contribution in [0.2, 0.25) is 5.28 Å². The van der Waals surface area contributed by atoms with Gasteiger partial charge in [0.25, 0.3) is 5.56 Å². The highest BCUT2D eigenvalue weighted by Crippen LogP contribution is 2.16. The van der Waals surface area contributed by atoms with Crippen molar-refractivity contribution in [2.45, 2.75) is 19.5 Å². The van der Waals surface area contributed by atoms with E-state index in [0.717, 1.165) is 10.1 Å². The van der Waals surface area contributed by atoms with Gasteiger partial charge in [0.15, 0.2) is 11.2 Å². The van der Waals surface area contributed by atoms with E-state index in [2.05, 4.69) is 10.3 Å². The molecule has 1 amide bonds. The summed E-state index contributed by atoms with van der Waals surface area (Å²) in [5.74, 6) is -0.321. The summed E-state index contributed by atoms with van der Waals surface area (Å²) in [7, 11) is 2.86. The number of carbonyl (C=O) groups excluding carboxylic acids is 1. The number of imidazole rings is 1. The van der Waals surface area contributed by atoms with Gasteiger partial charge in [-0.25, -0.2) is 4.79 Å². The van der Waals surface area contributed by atoms with E-state index in [4.69, 9.17) is 11.6 Å². The fourth-order valence-electron chi connectivity index (χ4n) is 2.82. The molecule has 0 aliphatic carbocycles. The Morgan fingerprint density at radius 2 is 1.85 bits per heavy atom. The molecular weight excluding hydrogens is 358 g/mol. The SMILES string of the molecule is C[C@@H](NC(=O)Cn1c(Cl)nc2c1c(=O)n(C)c(=O)n2C)c1ccccc1. The number of aromatic nitrogens is 4. The zero-order valence-corrected chi connectivity index (χ0v) is 15.3. The molecule has 3 rings (SSSR count). The fraction of sp³-hybridized carbons (Fsp3) is 0.294. The molecule has 0 bridgehead atoms. The van der Waals surface area contributed by atoms with E-state index in [1.54, 1.807) is 0 Å². The maximum absolute atomic E-state index is 12.5. The first-order chi connectivity index (χ1) is 12.3. The van der Waals surface area contributed by atoms with Crippen molar-refractivity contribution in [3.8, 4) is 0 Å². The van der Waals surface area contributed by atoms with Crippen molar-refractivity contribution in [3.63, 3.8) is 0 Å². The molecule has 9 heteroatoms. The molecule has 0 radical (unpaired) electrons. The minimum absolute atomic E-state index is 0.0270. The molecule has 2 heterocycles. The summed E-state index contributed by atoms with van der Waals surface area (Å²) in [5, 5.41) is 2.84. The quantitative estimate of drug-likeness (QED) is 0.688. The number of amides is 1. The van der Waals surface area contributed by atoms with Gasteiger partial charge in [-0.05, 0) is 24.1 Å². The van der Waals surface area contributed by atoms with Crippen LogP contribution in [0.1, 0.15) is 18.5 Å². The van der Waals surface area contributed by atoms with Gasteiger partial charge in [-0.15, -0.1) is 0 Å². The molecule has 3 aromatic rings. The predicted molar refractivity (Wildman–Crippen MR) is 98.2 cm³/mol. The van der Waals surface area contributed by atoms with E-state index >= 15 is 0 Å². The second-order valence-corrected chi connectivity index (χ2v) is 6.38. The molecule has 1 N–H and O–H groups in total. The van der Waals surface area contributed by atoms with Crippen LogP contribution in [-0.4, -0.2) is 24.6 Å². The van der Waals surface area contributed by atoms with Crippen LogP contribution in [0.5, 0.6) is 0 Å². The third kappa shape index (κ3) is 3.03. The molecule has 1 aromatic carbocycles. The molecule has 0 fully saturated rings. The van der Waals surface area contributed by atoms with E-state index in [1.807, 2.05) is 37.3 Å². The van der Waals surface area contributed by atoms with Crippen LogP contribution < -0.4 is 16.6 Å². The Morgan fingerprint density at radius 3 is 2.50 bits per heavy atom.